The van der Waals surface area contributed by atoms with Gasteiger partial charge >= 0.3 is 5.97 Å². The Morgan fingerprint density at radius 2 is 2.42 bits per heavy atom. The molecule has 4 heteroatoms. The predicted octanol–water partition coefficient (Wildman–Crippen LogP) is 1.01. The summed E-state index contributed by atoms with van der Waals surface area (Å²) in [5.41, 5.74) is 7.54. The highest BCUT2D eigenvalue weighted by Gasteiger charge is 2.13. The molecule has 1 aromatic heterocycles. The largest absolute Gasteiger partial charge is 0.480 e. The third-order valence-corrected chi connectivity index (χ3v) is 2.63. The molecule has 0 spiro atoms. The highest BCUT2D eigenvalue weighted by atomic mass is 32.1. The summed E-state index contributed by atoms with van der Waals surface area (Å²) in [5.74, 6) is -0.944. The Kier molecular flexibility index (Phi) is 2.83. The molecule has 1 rings (SSSR count). The molecule has 1 aromatic rings. The first-order chi connectivity index (χ1) is 5.61. The van der Waals surface area contributed by atoms with Gasteiger partial charge in [0.1, 0.15) is 6.04 Å². The van der Waals surface area contributed by atoms with E-state index in [9.17, 15) is 4.79 Å². The smallest absolute Gasteiger partial charge is 0.320 e. The van der Waals surface area contributed by atoms with Gasteiger partial charge in [-0.1, -0.05) is 0 Å². The molecule has 0 aromatic carbocycles. The van der Waals surface area contributed by atoms with Crippen LogP contribution in [0.2, 0.25) is 0 Å². The molecule has 3 nitrogen and oxygen atoms in total. The third-order valence-electron chi connectivity index (χ3n) is 1.72. The Morgan fingerprint density at radius 1 is 1.75 bits per heavy atom. The molecule has 0 aliphatic heterocycles. The minimum Gasteiger partial charge on any atom is -0.480 e. The number of hydrogen-bond donors (Lipinski definition) is 2. The maximum absolute atomic E-state index is 10.4. The van der Waals surface area contributed by atoms with Gasteiger partial charge in [0.05, 0.1) is 0 Å². The monoisotopic (exact) mass is 185 g/mol. The van der Waals surface area contributed by atoms with E-state index in [-0.39, 0.29) is 0 Å². The molecule has 66 valence electrons. The van der Waals surface area contributed by atoms with Crippen molar-refractivity contribution in [2.75, 3.05) is 0 Å². The maximum atomic E-state index is 10.4. The number of carboxylic acid groups (broad SMARTS) is 1. The van der Waals surface area contributed by atoms with Crippen molar-refractivity contribution in [2.24, 2.45) is 5.73 Å². The van der Waals surface area contributed by atoms with Gasteiger partial charge in [-0.25, -0.2) is 0 Å². The maximum Gasteiger partial charge on any atom is 0.320 e. The van der Waals surface area contributed by atoms with E-state index in [0.29, 0.717) is 6.42 Å². The van der Waals surface area contributed by atoms with Crippen LogP contribution in [0.1, 0.15) is 11.1 Å². The Labute approximate surface area is 74.8 Å². The van der Waals surface area contributed by atoms with Gasteiger partial charge in [0.25, 0.3) is 0 Å². The quantitative estimate of drug-likeness (QED) is 0.738. The Balaban J connectivity index is 2.64. The van der Waals surface area contributed by atoms with Crippen LogP contribution in [0.25, 0.3) is 0 Å². The second-order valence-electron chi connectivity index (χ2n) is 2.73. The van der Waals surface area contributed by atoms with Crippen LogP contribution < -0.4 is 5.73 Å². The van der Waals surface area contributed by atoms with Crippen LogP contribution in [0.4, 0.5) is 0 Å². The van der Waals surface area contributed by atoms with E-state index in [1.54, 1.807) is 11.3 Å². The van der Waals surface area contributed by atoms with E-state index in [1.807, 2.05) is 17.7 Å². The van der Waals surface area contributed by atoms with Crippen LogP contribution >= 0.6 is 11.3 Å². The highest BCUT2D eigenvalue weighted by molar-refractivity contribution is 7.08. The number of nitrogens with two attached hydrogens (primary N) is 1. The molecule has 0 saturated carbocycles. The number of rotatable bonds is 3. The topological polar surface area (TPSA) is 63.3 Å². The van der Waals surface area contributed by atoms with Crippen molar-refractivity contribution < 1.29 is 9.90 Å². The minimum absolute atomic E-state index is 0.421. The van der Waals surface area contributed by atoms with E-state index in [2.05, 4.69) is 0 Å². The summed E-state index contributed by atoms with van der Waals surface area (Å²) in [6.45, 7) is 1.96. The molecule has 1 atom stereocenters. The number of aryl methyl sites for hydroxylation is 1. The molecule has 0 fully saturated rings. The lowest BCUT2D eigenvalue weighted by molar-refractivity contribution is -0.138. The lowest BCUT2D eigenvalue weighted by Gasteiger charge is -2.04. The van der Waals surface area contributed by atoms with Crippen molar-refractivity contribution >= 4 is 17.3 Å². The summed E-state index contributed by atoms with van der Waals surface area (Å²) in [5, 5.41) is 12.5. The molecule has 0 bridgehead atoms. The average Bonchev–Trinajstić information content (AvgIpc) is 2.36. The van der Waals surface area contributed by atoms with E-state index in [4.69, 9.17) is 10.8 Å². The minimum atomic E-state index is -0.944. The summed E-state index contributed by atoms with van der Waals surface area (Å²) in [4.78, 5) is 10.4. The number of thiophene rings is 1. The number of aliphatic carboxylic acids is 1. The van der Waals surface area contributed by atoms with Crippen molar-refractivity contribution in [1.29, 1.82) is 0 Å². The lowest BCUT2D eigenvalue weighted by Crippen LogP contribution is -2.32. The molecule has 1 heterocycles. The van der Waals surface area contributed by atoms with Crippen molar-refractivity contribution in [2.45, 2.75) is 19.4 Å². The van der Waals surface area contributed by atoms with Crippen LogP contribution in [-0.4, -0.2) is 17.1 Å². The average molecular weight is 185 g/mol. The van der Waals surface area contributed by atoms with Crippen molar-refractivity contribution in [3.63, 3.8) is 0 Å². The van der Waals surface area contributed by atoms with E-state index >= 15 is 0 Å². The fraction of sp³-hybridized carbons (Fsp3) is 0.375. The first-order valence-electron chi connectivity index (χ1n) is 3.61. The van der Waals surface area contributed by atoms with Crippen molar-refractivity contribution in [1.82, 2.24) is 0 Å². The SMILES string of the molecule is Cc1cscc1C[C@H](N)C(=O)O. The predicted molar refractivity (Wildman–Crippen MR) is 48.4 cm³/mol. The summed E-state index contributed by atoms with van der Waals surface area (Å²) < 4.78 is 0. The van der Waals surface area contributed by atoms with Gasteiger partial charge in [0.15, 0.2) is 0 Å². The standard InChI is InChI=1S/C8H11NO2S/c1-5-3-12-4-6(5)2-7(9)8(10)11/h3-4,7H,2,9H2,1H3,(H,10,11)/t7-/m0/s1. The third kappa shape index (κ3) is 2.06. The number of carboxylic acids is 1. The van der Waals surface area contributed by atoms with Gasteiger partial charge < -0.3 is 10.8 Å². The fourth-order valence-corrected chi connectivity index (χ4v) is 1.79. The molecule has 0 aliphatic rings. The van der Waals surface area contributed by atoms with Crippen molar-refractivity contribution in [3.8, 4) is 0 Å². The Hall–Kier alpha value is -0.870. The van der Waals surface area contributed by atoms with Gasteiger partial charge in [-0.15, -0.1) is 0 Å². The van der Waals surface area contributed by atoms with E-state index < -0.39 is 12.0 Å². The normalized spacial score (nSPS) is 12.8. The molecule has 12 heavy (non-hydrogen) atoms. The van der Waals surface area contributed by atoms with E-state index in [1.165, 1.54) is 0 Å². The van der Waals surface area contributed by atoms with Crippen LogP contribution in [0.5, 0.6) is 0 Å². The molecule has 0 aliphatic carbocycles. The summed E-state index contributed by atoms with van der Waals surface area (Å²) in [7, 11) is 0. The second kappa shape index (κ2) is 3.69. The lowest BCUT2D eigenvalue weighted by atomic mass is 10.1. The van der Waals surface area contributed by atoms with Crippen molar-refractivity contribution in [3.05, 3.63) is 21.9 Å². The summed E-state index contributed by atoms with van der Waals surface area (Å²) >= 11 is 1.57. The first-order valence-corrected chi connectivity index (χ1v) is 4.55. The molecular formula is C8H11NO2S. The molecule has 0 radical (unpaired) electrons. The first kappa shape index (κ1) is 9.22. The van der Waals surface area contributed by atoms with Gasteiger partial charge in [0.2, 0.25) is 0 Å². The van der Waals surface area contributed by atoms with Crippen LogP contribution in [0, 0.1) is 6.92 Å². The van der Waals surface area contributed by atoms with Gasteiger partial charge in [-0.3, -0.25) is 4.79 Å². The van der Waals surface area contributed by atoms with E-state index in [0.717, 1.165) is 11.1 Å². The number of carbonyl (C=O) groups is 1. The fourth-order valence-electron chi connectivity index (χ4n) is 0.920. The highest BCUT2D eigenvalue weighted by Crippen LogP contribution is 2.14. The Bertz CT molecular complexity index is 282. The molecular weight excluding hydrogens is 174 g/mol. The zero-order valence-corrected chi connectivity index (χ0v) is 7.60. The summed E-state index contributed by atoms with van der Waals surface area (Å²) in [6, 6.07) is -0.779. The molecule has 0 saturated heterocycles. The van der Waals surface area contributed by atoms with Crippen LogP contribution in [0.15, 0.2) is 10.8 Å². The second-order valence-corrected chi connectivity index (χ2v) is 3.47. The van der Waals surface area contributed by atoms with Gasteiger partial charge in [0, 0.05) is 0 Å². The zero-order valence-electron chi connectivity index (χ0n) is 6.78. The Morgan fingerprint density at radius 3 is 2.83 bits per heavy atom. The molecule has 3 N–H and O–H groups in total. The number of hydrogen-bond acceptors (Lipinski definition) is 3. The van der Waals surface area contributed by atoms with Crippen LogP contribution in [-0.2, 0) is 11.2 Å². The zero-order chi connectivity index (χ0) is 9.14. The molecule has 0 unspecified atom stereocenters. The molecule has 0 amide bonds. The van der Waals surface area contributed by atoms with Gasteiger partial charge in [-0.2, -0.15) is 11.3 Å². The van der Waals surface area contributed by atoms with Crippen LogP contribution in [0.3, 0.4) is 0 Å². The van der Waals surface area contributed by atoms with Gasteiger partial charge in [-0.05, 0) is 35.2 Å². The summed E-state index contributed by atoms with van der Waals surface area (Å²) in [6.07, 6.45) is 0.421.